The van der Waals surface area contributed by atoms with Gasteiger partial charge in [0, 0.05) is 11.1 Å². The molecule has 0 aliphatic carbocycles. The van der Waals surface area contributed by atoms with Crippen molar-refractivity contribution >= 4 is 17.9 Å². The van der Waals surface area contributed by atoms with E-state index in [2.05, 4.69) is 10.5 Å². The number of hydrogen-bond acceptors (Lipinski definition) is 5. The Hall–Kier alpha value is -4.45. The minimum absolute atomic E-state index is 0.0107. The third kappa shape index (κ3) is 5.62. The monoisotopic (exact) mass is 438 g/mol. The van der Waals surface area contributed by atoms with Gasteiger partial charge in [-0.15, -0.1) is 0 Å². The molecule has 33 heavy (non-hydrogen) atoms. The van der Waals surface area contributed by atoms with Gasteiger partial charge in [-0.2, -0.15) is 5.10 Å². The number of nitrogens with one attached hydrogen (secondary N) is 1. The van der Waals surface area contributed by atoms with Crippen LogP contribution in [0, 0.1) is 0 Å². The fraction of sp³-hybridized carbons (Fsp3) is 0.0741. The highest BCUT2D eigenvalue weighted by Crippen LogP contribution is 2.22. The second kappa shape index (κ2) is 10.2. The standard InChI is InChI=1S/C27H22N2O4/c1-19(30)21-11-13-22(14-12-21)25-16-15-23(33-25)17-28-29-27(31)24-9-5-6-10-26(24)32-18-20-7-3-2-4-8-20/h2-17H,18H2,1H3,(H,29,31)/b28-17+. The predicted octanol–water partition coefficient (Wildman–Crippen LogP) is 5.49. The molecule has 0 atom stereocenters. The SMILES string of the molecule is CC(=O)c1ccc(-c2ccc(/C=N/NC(=O)c3ccccc3OCc3ccccc3)o2)cc1. The molecule has 164 valence electrons. The summed E-state index contributed by atoms with van der Waals surface area (Å²) in [4.78, 5) is 24.0. The number of amides is 1. The van der Waals surface area contributed by atoms with E-state index in [1.807, 2.05) is 48.5 Å². The van der Waals surface area contributed by atoms with Crippen LogP contribution in [-0.2, 0) is 6.61 Å². The fourth-order valence-electron chi connectivity index (χ4n) is 3.18. The van der Waals surface area contributed by atoms with Crippen LogP contribution >= 0.6 is 0 Å². The summed E-state index contributed by atoms with van der Waals surface area (Å²) in [6.45, 7) is 1.88. The number of rotatable bonds is 8. The van der Waals surface area contributed by atoms with Crippen molar-refractivity contribution in [3.05, 3.63) is 113 Å². The molecule has 4 rings (SSSR count). The third-order valence-electron chi connectivity index (χ3n) is 4.93. The molecule has 0 fully saturated rings. The van der Waals surface area contributed by atoms with Gasteiger partial charge in [-0.1, -0.05) is 66.7 Å². The van der Waals surface area contributed by atoms with Crippen molar-refractivity contribution in [3.8, 4) is 17.1 Å². The van der Waals surface area contributed by atoms with Crippen LogP contribution in [0.2, 0.25) is 0 Å². The molecule has 1 amide bonds. The molecule has 1 N–H and O–H groups in total. The minimum Gasteiger partial charge on any atom is -0.488 e. The van der Waals surface area contributed by atoms with Gasteiger partial charge in [-0.05, 0) is 36.8 Å². The summed E-state index contributed by atoms with van der Waals surface area (Å²) < 4.78 is 11.6. The molecule has 6 nitrogen and oxygen atoms in total. The van der Waals surface area contributed by atoms with E-state index in [0.717, 1.165) is 11.1 Å². The van der Waals surface area contributed by atoms with Gasteiger partial charge in [-0.3, -0.25) is 9.59 Å². The maximum absolute atomic E-state index is 12.6. The Morgan fingerprint density at radius 3 is 2.39 bits per heavy atom. The zero-order chi connectivity index (χ0) is 23.0. The molecule has 0 spiro atoms. The smallest absolute Gasteiger partial charge is 0.275 e. The van der Waals surface area contributed by atoms with Crippen molar-refractivity contribution in [1.29, 1.82) is 0 Å². The predicted molar refractivity (Wildman–Crippen MR) is 126 cm³/mol. The second-order valence-corrected chi connectivity index (χ2v) is 7.31. The molecule has 6 heteroatoms. The molecule has 1 heterocycles. The maximum Gasteiger partial charge on any atom is 0.275 e. The Bertz CT molecular complexity index is 1270. The first-order valence-electron chi connectivity index (χ1n) is 10.4. The normalized spacial score (nSPS) is 10.8. The third-order valence-corrected chi connectivity index (χ3v) is 4.93. The molecule has 3 aromatic carbocycles. The highest BCUT2D eigenvalue weighted by molar-refractivity contribution is 5.97. The van der Waals surface area contributed by atoms with Crippen LogP contribution < -0.4 is 10.2 Å². The lowest BCUT2D eigenvalue weighted by Gasteiger charge is -2.10. The van der Waals surface area contributed by atoms with E-state index in [9.17, 15) is 9.59 Å². The van der Waals surface area contributed by atoms with Crippen LogP contribution in [0.4, 0.5) is 0 Å². The van der Waals surface area contributed by atoms with Crippen LogP contribution in [-0.4, -0.2) is 17.9 Å². The summed E-state index contributed by atoms with van der Waals surface area (Å²) in [5, 5.41) is 4.00. The van der Waals surface area contributed by atoms with Gasteiger partial charge >= 0.3 is 0 Å². The second-order valence-electron chi connectivity index (χ2n) is 7.31. The molecular weight excluding hydrogens is 416 g/mol. The first-order chi connectivity index (χ1) is 16.1. The Kier molecular flexibility index (Phi) is 6.75. The van der Waals surface area contributed by atoms with Gasteiger partial charge in [0.1, 0.15) is 23.9 Å². The molecule has 0 aliphatic heterocycles. The molecule has 0 unspecified atom stereocenters. The number of carbonyl (C=O) groups excluding carboxylic acids is 2. The largest absolute Gasteiger partial charge is 0.488 e. The number of Topliss-reactive ketones (excluding diaryl/α,β-unsaturated/α-hetero) is 1. The zero-order valence-electron chi connectivity index (χ0n) is 18.0. The maximum atomic E-state index is 12.6. The van der Waals surface area contributed by atoms with Crippen LogP contribution in [0.5, 0.6) is 5.75 Å². The zero-order valence-corrected chi connectivity index (χ0v) is 18.0. The fourth-order valence-corrected chi connectivity index (χ4v) is 3.18. The molecule has 4 aromatic rings. The molecule has 0 saturated carbocycles. The van der Waals surface area contributed by atoms with E-state index < -0.39 is 0 Å². The van der Waals surface area contributed by atoms with E-state index in [0.29, 0.717) is 35.0 Å². The topological polar surface area (TPSA) is 80.9 Å². The number of hydrogen-bond donors (Lipinski definition) is 1. The van der Waals surface area contributed by atoms with Gasteiger partial charge < -0.3 is 9.15 Å². The van der Waals surface area contributed by atoms with Gasteiger partial charge in [-0.25, -0.2) is 5.43 Å². The number of nitrogens with zero attached hydrogens (tertiary/aromatic N) is 1. The van der Waals surface area contributed by atoms with Crippen LogP contribution in [0.3, 0.4) is 0 Å². The summed E-state index contributed by atoms with van der Waals surface area (Å²) in [6, 6.07) is 27.5. The summed E-state index contributed by atoms with van der Waals surface area (Å²) in [5.41, 5.74) is 5.39. The van der Waals surface area contributed by atoms with Gasteiger partial charge in [0.15, 0.2) is 5.78 Å². The van der Waals surface area contributed by atoms with Crippen LogP contribution in [0.15, 0.2) is 101 Å². The van der Waals surface area contributed by atoms with Crippen LogP contribution in [0.25, 0.3) is 11.3 Å². The first-order valence-corrected chi connectivity index (χ1v) is 10.4. The molecule has 1 aromatic heterocycles. The Morgan fingerprint density at radius 1 is 0.909 bits per heavy atom. The summed E-state index contributed by atoms with van der Waals surface area (Å²) in [5.74, 6) is 1.22. The molecular formula is C27H22N2O4. The van der Waals surface area contributed by atoms with Crippen molar-refractivity contribution in [2.75, 3.05) is 0 Å². The van der Waals surface area contributed by atoms with Gasteiger partial charge in [0.2, 0.25) is 0 Å². The summed E-state index contributed by atoms with van der Waals surface area (Å²) in [6.07, 6.45) is 1.43. The lowest BCUT2D eigenvalue weighted by atomic mass is 10.1. The van der Waals surface area contributed by atoms with E-state index >= 15 is 0 Å². The van der Waals surface area contributed by atoms with E-state index in [1.165, 1.54) is 13.1 Å². The van der Waals surface area contributed by atoms with E-state index in [4.69, 9.17) is 9.15 Å². The van der Waals surface area contributed by atoms with Crippen molar-refractivity contribution in [1.82, 2.24) is 5.43 Å². The number of hydrazone groups is 1. The first kappa shape index (κ1) is 21.8. The number of ketones is 1. The van der Waals surface area contributed by atoms with Crippen LogP contribution in [0.1, 0.15) is 39.0 Å². The number of carbonyl (C=O) groups is 2. The molecule has 0 radical (unpaired) electrons. The highest BCUT2D eigenvalue weighted by atomic mass is 16.5. The van der Waals surface area contributed by atoms with Crippen molar-refractivity contribution in [2.24, 2.45) is 5.10 Å². The highest BCUT2D eigenvalue weighted by Gasteiger charge is 2.12. The van der Waals surface area contributed by atoms with Crippen molar-refractivity contribution in [2.45, 2.75) is 13.5 Å². The Balaban J connectivity index is 1.38. The van der Waals surface area contributed by atoms with E-state index in [-0.39, 0.29) is 11.7 Å². The number of ether oxygens (including phenoxy) is 1. The van der Waals surface area contributed by atoms with E-state index in [1.54, 1.807) is 42.5 Å². The molecule has 0 bridgehead atoms. The quantitative estimate of drug-likeness (QED) is 0.224. The molecule has 0 saturated heterocycles. The van der Waals surface area contributed by atoms with Gasteiger partial charge in [0.05, 0.1) is 11.8 Å². The number of benzene rings is 3. The van der Waals surface area contributed by atoms with Gasteiger partial charge in [0.25, 0.3) is 5.91 Å². The Morgan fingerprint density at radius 2 is 1.64 bits per heavy atom. The lowest BCUT2D eigenvalue weighted by Crippen LogP contribution is -2.18. The Labute approximate surface area is 191 Å². The summed E-state index contributed by atoms with van der Waals surface area (Å²) in [7, 11) is 0. The van der Waals surface area contributed by atoms with Crippen molar-refractivity contribution in [3.63, 3.8) is 0 Å². The van der Waals surface area contributed by atoms with Crippen molar-refractivity contribution < 1.29 is 18.7 Å². The molecule has 0 aliphatic rings. The lowest BCUT2D eigenvalue weighted by molar-refractivity contribution is 0.0949. The average molecular weight is 438 g/mol. The minimum atomic E-state index is -0.387. The average Bonchev–Trinajstić information content (AvgIpc) is 3.32. The summed E-state index contributed by atoms with van der Waals surface area (Å²) >= 11 is 0. The number of para-hydroxylation sites is 1. The number of furan rings is 1.